The quantitative estimate of drug-likeness (QED) is 0.778. The lowest BCUT2D eigenvalue weighted by Gasteiger charge is -2.10. The Labute approximate surface area is 110 Å². The standard InChI is InChI=1S/C14H11ClOS/c15-11-5-7-12(8-6-11)17-14-13-4-2-1-3-10(13)9-16-14/h1-8,14H,9H2. The van der Waals surface area contributed by atoms with Gasteiger partial charge in [-0.05, 0) is 35.4 Å². The maximum absolute atomic E-state index is 5.87. The highest BCUT2D eigenvalue weighted by atomic mass is 35.5. The minimum absolute atomic E-state index is 0.104. The van der Waals surface area contributed by atoms with Gasteiger partial charge in [-0.2, -0.15) is 0 Å². The maximum Gasteiger partial charge on any atom is 0.133 e. The highest BCUT2D eigenvalue weighted by molar-refractivity contribution is 7.99. The molecule has 0 N–H and O–H groups in total. The van der Waals surface area contributed by atoms with E-state index in [0.29, 0.717) is 6.61 Å². The predicted octanol–water partition coefficient (Wildman–Crippen LogP) is 4.66. The summed E-state index contributed by atoms with van der Waals surface area (Å²) in [5.74, 6) is 0. The second-order valence-corrected chi connectivity index (χ2v) is 5.49. The summed E-state index contributed by atoms with van der Waals surface area (Å²) in [5.41, 5.74) is 2.68. The summed E-state index contributed by atoms with van der Waals surface area (Å²) in [4.78, 5) is 1.18. The van der Waals surface area contributed by atoms with Gasteiger partial charge in [-0.1, -0.05) is 47.6 Å². The Morgan fingerprint density at radius 1 is 1.06 bits per heavy atom. The molecule has 3 heteroatoms. The molecule has 86 valence electrons. The van der Waals surface area contributed by atoms with Crippen molar-refractivity contribution in [1.29, 1.82) is 0 Å². The van der Waals surface area contributed by atoms with E-state index in [9.17, 15) is 0 Å². The Morgan fingerprint density at radius 2 is 1.82 bits per heavy atom. The average molecular weight is 263 g/mol. The van der Waals surface area contributed by atoms with E-state index in [0.717, 1.165) is 5.02 Å². The predicted molar refractivity (Wildman–Crippen MR) is 71.3 cm³/mol. The number of ether oxygens (including phenoxy) is 1. The summed E-state index contributed by atoms with van der Waals surface area (Å²) in [7, 11) is 0. The number of halogens is 1. The number of hydrogen-bond donors (Lipinski definition) is 0. The topological polar surface area (TPSA) is 9.23 Å². The molecule has 0 bridgehead atoms. The monoisotopic (exact) mass is 262 g/mol. The SMILES string of the molecule is Clc1ccc(SC2OCc3ccccc32)cc1. The molecule has 2 aromatic carbocycles. The summed E-state index contributed by atoms with van der Waals surface area (Å²) < 4.78 is 5.79. The van der Waals surface area contributed by atoms with Crippen molar-refractivity contribution < 1.29 is 4.74 Å². The molecule has 0 aromatic heterocycles. The van der Waals surface area contributed by atoms with Gasteiger partial charge in [0.15, 0.2) is 0 Å². The molecule has 0 aliphatic carbocycles. The van der Waals surface area contributed by atoms with E-state index in [4.69, 9.17) is 16.3 Å². The molecule has 0 radical (unpaired) electrons. The van der Waals surface area contributed by atoms with Crippen LogP contribution in [-0.4, -0.2) is 0 Å². The van der Waals surface area contributed by atoms with E-state index in [-0.39, 0.29) is 5.44 Å². The molecule has 0 spiro atoms. The van der Waals surface area contributed by atoms with Gasteiger partial charge in [0.05, 0.1) is 6.61 Å². The average Bonchev–Trinajstić information content (AvgIpc) is 2.76. The minimum atomic E-state index is 0.104. The van der Waals surface area contributed by atoms with Crippen LogP contribution in [0.2, 0.25) is 5.02 Å². The van der Waals surface area contributed by atoms with Gasteiger partial charge in [-0.25, -0.2) is 0 Å². The number of benzene rings is 2. The molecule has 1 nitrogen and oxygen atoms in total. The first-order valence-electron chi connectivity index (χ1n) is 5.44. The molecule has 2 aromatic rings. The second-order valence-electron chi connectivity index (χ2n) is 3.91. The van der Waals surface area contributed by atoms with Gasteiger partial charge in [0.2, 0.25) is 0 Å². The van der Waals surface area contributed by atoms with Gasteiger partial charge >= 0.3 is 0 Å². The van der Waals surface area contributed by atoms with Crippen molar-refractivity contribution in [2.75, 3.05) is 0 Å². The number of fused-ring (bicyclic) bond motifs is 1. The van der Waals surface area contributed by atoms with Gasteiger partial charge in [0.1, 0.15) is 5.44 Å². The van der Waals surface area contributed by atoms with E-state index in [1.54, 1.807) is 11.8 Å². The van der Waals surface area contributed by atoms with Crippen molar-refractivity contribution in [2.24, 2.45) is 0 Å². The van der Waals surface area contributed by atoms with E-state index in [2.05, 4.69) is 24.3 Å². The van der Waals surface area contributed by atoms with Crippen molar-refractivity contribution in [3.63, 3.8) is 0 Å². The van der Waals surface area contributed by atoms with Crippen molar-refractivity contribution >= 4 is 23.4 Å². The molecule has 3 rings (SSSR count). The van der Waals surface area contributed by atoms with Crippen molar-refractivity contribution in [3.05, 3.63) is 64.7 Å². The van der Waals surface area contributed by atoms with E-state index in [1.165, 1.54) is 16.0 Å². The second kappa shape index (κ2) is 4.73. The third-order valence-electron chi connectivity index (χ3n) is 2.76. The van der Waals surface area contributed by atoms with Crippen LogP contribution in [0.15, 0.2) is 53.4 Å². The molecule has 1 atom stereocenters. The Bertz CT molecular complexity index is 524. The first-order chi connectivity index (χ1) is 8.33. The highest BCUT2D eigenvalue weighted by Crippen LogP contribution is 2.42. The Hall–Kier alpha value is -0.960. The summed E-state index contributed by atoms with van der Waals surface area (Å²) in [6.07, 6.45) is 0. The van der Waals surface area contributed by atoms with Crippen LogP contribution in [0.1, 0.15) is 16.6 Å². The smallest absolute Gasteiger partial charge is 0.133 e. The molecular formula is C14H11ClOS. The van der Waals surface area contributed by atoms with Crippen LogP contribution in [0, 0.1) is 0 Å². The van der Waals surface area contributed by atoms with Crippen LogP contribution in [0.25, 0.3) is 0 Å². The largest absolute Gasteiger partial charge is 0.358 e. The Kier molecular flexibility index (Phi) is 3.10. The van der Waals surface area contributed by atoms with Gasteiger partial charge in [0.25, 0.3) is 0 Å². The van der Waals surface area contributed by atoms with Crippen LogP contribution >= 0.6 is 23.4 Å². The first kappa shape index (κ1) is 11.1. The van der Waals surface area contributed by atoms with Crippen LogP contribution in [0.5, 0.6) is 0 Å². The zero-order valence-electron chi connectivity index (χ0n) is 9.10. The van der Waals surface area contributed by atoms with Crippen LogP contribution in [0.4, 0.5) is 0 Å². The molecule has 1 aliphatic heterocycles. The summed E-state index contributed by atoms with van der Waals surface area (Å²) >= 11 is 7.59. The highest BCUT2D eigenvalue weighted by Gasteiger charge is 2.23. The van der Waals surface area contributed by atoms with Gasteiger partial charge < -0.3 is 4.74 Å². The van der Waals surface area contributed by atoms with Crippen LogP contribution < -0.4 is 0 Å². The van der Waals surface area contributed by atoms with Gasteiger partial charge in [-0.15, -0.1) is 0 Å². The summed E-state index contributed by atoms with van der Waals surface area (Å²) in [5, 5.41) is 0.766. The number of rotatable bonds is 2. The lowest BCUT2D eigenvalue weighted by molar-refractivity contribution is 0.127. The molecule has 0 fully saturated rings. The van der Waals surface area contributed by atoms with Crippen molar-refractivity contribution in [3.8, 4) is 0 Å². The molecule has 1 aliphatic rings. The van der Waals surface area contributed by atoms with E-state index in [1.807, 2.05) is 24.3 Å². The van der Waals surface area contributed by atoms with Crippen molar-refractivity contribution in [2.45, 2.75) is 16.9 Å². The van der Waals surface area contributed by atoms with Crippen LogP contribution in [0.3, 0.4) is 0 Å². The van der Waals surface area contributed by atoms with E-state index < -0.39 is 0 Å². The fourth-order valence-electron chi connectivity index (χ4n) is 1.89. The lowest BCUT2D eigenvalue weighted by atomic mass is 10.1. The molecule has 1 heterocycles. The zero-order chi connectivity index (χ0) is 11.7. The lowest BCUT2D eigenvalue weighted by Crippen LogP contribution is -1.89. The maximum atomic E-state index is 5.87. The summed E-state index contributed by atoms with van der Waals surface area (Å²) in [6, 6.07) is 16.2. The third kappa shape index (κ3) is 2.34. The summed E-state index contributed by atoms with van der Waals surface area (Å²) in [6.45, 7) is 0.710. The molecule has 1 unspecified atom stereocenters. The van der Waals surface area contributed by atoms with E-state index >= 15 is 0 Å². The third-order valence-corrected chi connectivity index (χ3v) is 4.16. The normalized spacial score (nSPS) is 18.1. The zero-order valence-corrected chi connectivity index (χ0v) is 10.7. The molecular weight excluding hydrogens is 252 g/mol. The van der Waals surface area contributed by atoms with Gasteiger partial charge in [-0.3, -0.25) is 0 Å². The fraction of sp³-hybridized carbons (Fsp3) is 0.143. The number of hydrogen-bond acceptors (Lipinski definition) is 2. The fourth-order valence-corrected chi connectivity index (χ4v) is 3.04. The van der Waals surface area contributed by atoms with Crippen LogP contribution in [-0.2, 0) is 11.3 Å². The first-order valence-corrected chi connectivity index (χ1v) is 6.70. The molecule has 0 saturated heterocycles. The number of thioether (sulfide) groups is 1. The molecule has 17 heavy (non-hydrogen) atoms. The van der Waals surface area contributed by atoms with Crippen molar-refractivity contribution in [1.82, 2.24) is 0 Å². The Morgan fingerprint density at radius 3 is 2.65 bits per heavy atom. The molecule has 0 saturated carbocycles. The molecule has 0 amide bonds. The van der Waals surface area contributed by atoms with Gasteiger partial charge in [0, 0.05) is 9.92 Å². The minimum Gasteiger partial charge on any atom is -0.358 e. The Balaban J connectivity index is 1.81.